The lowest BCUT2D eigenvalue weighted by Crippen LogP contribution is -2.36. The average Bonchev–Trinajstić information content (AvgIpc) is 3.07. The third-order valence-corrected chi connectivity index (χ3v) is 3.76. The predicted molar refractivity (Wildman–Crippen MR) is 93.2 cm³/mol. The van der Waals surface area contributed by atoms with Gasteiger partial charge in [-0.15, -0.1) is 12.4 Å². The molecule has 3 rings (SSSR count). The fraction of sp³-hybridized carbons (Fsp3) is 0.278. The van der Waals surface area contributed by atoms with E-state index in [9.17, 15) is 4.79 Å². The topological polar surface area (TPSA) is 50.4 Å². The van der Waals surface area contributed by atoms with Crippen molar-refractivity contribution in [3.8, 4) is 5.75 Å². The van der Waals surface area contributed by atoms with Crippen LogP contribution in [0.2, 0.25) is 0 Å². The molecule has 2 aromatic rings. The first-order valence-corrected chi connectivity index (χ1v) is 7.59. The number of ether oxygens (including phenoxy) is 1. The van der Waals surface area contributed by atoms with Crippen molar-refractivity contribution in [2.45, 2.75) is 19.1 Å². The van der Waals surface area contributed by atoms with Crippen LogP contribution >= 0.6 is 12.4 Å². The average molecular weight is 333 g/mol. The number of hydrogen-bond acceptors (Lipinski definition) is 3. The molecule has 2 aromatic carbocycles. The first-order chi connectivity index (χ1) is 10.8. The van der Waals surface area contributed by atoms with Gasteiger partial charge in [0.1, 0.15) is 12.4 Å². The van der Waals surface area contributed by atoms with Crippen LogP contribution in [0.15, 0.2) is 54.6 Å². The fourth-order valence-electron chi connectivity index (χ4n) is 2.48. The minimum absolute atomic E-state index is 0. The van der Waals surface area contributed by atoms with Crippen molar-refractivity contribution < 1.29 is 9.53 Å². The molecule has 1 heterocycles. The van der Waals surface area contributed by atoms with Crippen LogP contribution in [0.4, 0.5) is 0 Å². The van der Waals surface area contributed by atoms with Gasteiger partial charge in [-0.05, 0) is 42.8 Å². The zero-order valence-electron chi connectivity index (χ0n) is 12.8. The maximum Gasteiger partial charge on any atom is 0.251 e. The van der Waals surface area contributed by atoms with E-state index in [1.807, 2.05) is 54.6 Å². The first kappa shape index (κ1) is 17.3. The largest absolute Gasteiger partial charge is 0.489 e. The Balaban J connectivity index is 0.00000192. The molecule has 1 unspecified atom stereocenters. The molecule has 0 spiro atoms. The summed E-state index contributed by atoms with van der Waals surface area (Å²) in [5, 5.41) is 6.28. The molecule has 0 aromatic heterocycles. The van der Waals surface area contributed by atoms with E-state index in [0.29, 0.717) is 12.2 Å². The second-order valence-electron chi connectivity index (χ2n) is 5.46. The fourth-order valence-corrected chi connectivity index (χ4v) is 2.48. The van der Waals surface area contributed by atoms with Crippen LogP contribution in [-0.2, 0) is 6.61 Å². The van der Waals surface area contributed by atoms with Crippen LogP contribution < -0.4 is 15.4 Å². The molecule has 1 aliphatic heterocycles. The lowest BCUT2D eigenvalue weighted by atomic mass is 10.1. The van der Waals surface area contributed by atoms with Crippen LogP contribution in [0.25, 0.3) is 0 Å². The number of rotatable bonds is 5. The SMILES string of the molecule is Cl.O=C(NC1CCNC1)c1ccc(COc2ccccc2)cc1. The first-order valence-electron chi connectivity index (χ1n) is 7.59. The van der Waals surface area contributed by atoms with Gasteiger partial charge in [0.05, 0.1) is 0 Å². The molecule has 1 fully saturated rings. The molecular formula is C18H21ClN2O2. The summed E-state index contributed by atoms with van der Waals surface area (Å²) in [5.41, 5.74) is 1.73. The lowest BCUT2D eigenvalue weighted by molar-refractivity contribution is 0.0940. The smallest absolute Gasteiger partial charge is 0.251 e. The Morgan fingerprint density at radius 1 is 1.13 bits per heavy atom. The van der Waals surface area contributed by atoms with Crippen molar-refractivity contribution in [1.82, 2.24) is 10.6 Å². The third kappa shape index (κ3) is 4.98. The maximum absolute atomic E-state index is 12.1. The minimum Gasteiger partial charge on any atom is -0.489 e. The van der Waals surface area contributed by atoms with Crippen molar-refractivity contribution in [3.63, 3.8) is 0 Å². The highest BCUT2D eigenvalue weighted by Gasteiger charge is 2.17. The van der Waals surface area contributed by atoms with Gasteiger partial charge in [-0.1, -0.05) is 30.3 Å². The van der Waals surface area contributed by atoms with Crippen molar-refractivity contribution in [2.24, 2.45) is 0 Å². The maximum atomic E-state index is 12.1. The molecule has 0 bridgehead atoms. The quantitative estimate of drug-likeness (QED) is 0.885. The summed E-state index contributed by atoms with van der Waals surface area (Å²) in [7, 11) is 0. The standard InChI is InChI=1S/C18H20N2O2.ClH/c21-18(20-16-10-11-19-12-16)15-8-6-14(7-9-15)13-22-17-4-2-1-3-5-17;/h1-9,16,19H,10-13H2,(H,20,21);1H. The summed E-state index contributed by atoms with van der Waals surface area (Å²) < 4.78 is 5.69. The highest BCUT2D eigenvalue weighted by atomic mass is 35.5. The second-order valence-corrected chi connectivity index (χ2v) is 5.46. The van der Waals surface area contributed by atoms with Crippen molar-refractivity contribution in [1.29, 1.82) is 0 Å². The van der Waals surface area contributed by atoms with Crippen molar-refractivity contribution >= 4 is 18.3 Å². The van der Waals surface area contributed by atoms with Crippen LogP contribution in [0.1, 0.15) is 22.3 Å². The molecule has 0 aliphatic carbocycles. The van der Waals surface area contributed by atoms with E-state index < -0.39 is 0 Å². The number of hydrogen-bond donors (Lipinski definition) is 2. The molecule has 4 nitrogen and oxygen atoms in total. The van der Waals surface area contributed by atoms with E-state index in [1.54, 1.807) is 0 Å². The molecule has 0 saturated carbocycles. The summed E-state index contributed by atoms with van der Waals surface area (Å²) >= 11 is 0. The summed E-state index contributed by atoms with van der Waals surface area (Å²) in [6.07, 6.45) is 0.995. The van der Waals surface area contributed by atoms with Crippen LogP contribution in [0, 0.1) is 0 Å². The van der Waals surface area contributed by atoms with Gasteiger partial charge in [0, 0.05) is 18.2 Å². The molecule has 1 aliphatic rings. The molecule has 5 heteroatoms. The number of benzene rings is 2. The Kier molecular flexibility index (Phi) is 6.44. The number of nitrogens with one attached hydrogen (secondary N) is 2. The van der Waals surface area contributed by atoms with Gasteiger partial charge in [-0.25, -0.2) is 0 Å². The number of carbonyl (C=O) groups excluding carboxylic acids is 1. The highest BCUT2D eigenvalue weighted by molar-refractivity contribution is 5.94. The van der Waals surface area contributed by atoms with E-state index in [2.05, 4.69) is 10.6 Å². The molecular weight excluding hydrogens is 312 g/mol. The molecule has 122 valence electrons. The Morgan fingerprint density at radius 3 is 2.52 bits per heavy atom. The molecule has 1 saturated heterocycles. The van der Waals surface area contributed by atoms with E-state index in [4.69, 9.17) is 4.74 Å². The normalized spacial score (nSPS) is 16.4. The molecule has 1 amide bonds. The summed E-state index contributed by atoms with van der Waals surface area (Å²) in [5.74, 6) is 0.835. The zero-order chi connectivity index (χ0) is 15.2. The third-order valence-electron chi connectivity index (χ3n) is 3.76. The van der Waals surface area contributed by atoms with Gasteiger partial charge in [-0.2, -0.15) is 0 Å². The van der Waals surface area contributed by atoms with E-state index in [0.717, 1.165) is 30.8 Å². The van der Waals surface area contributed by atoms with E-state index in [1.165, 1.54) is 0 Å². The second kappa shape index (κ2) is 8.56. The molecule has 1 atom stereocenters. The van der Waals surface area contributed by atoms with Crippen LogP contribution in [0.5, 0.6) is 5.75 Å². The van der Waals surface area contributed by atoms with Gasteiger partial charge >= 0.3 is 0 Å². The molecule has 2 N–H and O–H groups in total. The number of para-hydroxylation sites is 1. The number of carbonyl (C=O) groups is 1. The summed E-state index contributed by atoms with van der Waals surface area (Å²) in [6.45, 7) is 2.33. The highest BCUT2D eigenvalue weighted by Crippen LogP contribution is 2.12. The van der Waals surface area contributed by atoms with Gasteiger partial charge in [0.25, 0.3) is 5.91 Å². The monoisotopic (exact) mass is 332 g/mol. The van der Waals surface area contributed by atoms with E-state index in [-0.39, 0.29) is 24.4 Å². The molecule has 23 heavy (non-hydrogen) atoms. The summed E-state index contributed by atoms with van der Waals surface area (Å²) in [4.78, 5) is 12.1. The van der Waals surface area contributed by atoms with Crippen LogP contribution in [0.3, 0.4) is 0 Å². The number of amides is 1. The predicted octanol–water partition coefficient (Wildman–Crippen LogP) is 2.78. The zero-order valence-corrected chi connectivity index (χ0v) is 13.6. The summed E-state index contributed by atoms with van der Waals surface area (Å²) in [6, 6.07) is 17.5. The van der Waals surface area contributed by atoms with Crippen molar-refractivity contribution in [3.05, 3.63) is 65.7 Å². The van der Waals surface area contributed by atoms with Gasteiger partial charge in [-0.3, -0.25) is 4.79 Å². The van der Waals surface area contributed by atoms with E-state index >= 15 is 0 Å². The Bertz CT molecular complexity index is 611. The number of halogens is 1. The Labute approximate surface area is 142 Å². The van der Waals surface area contributed by atoms with Crippen molar-refractivity contribution in [2.75, 3.05) is 13.1 Å². The van der Waals surface area contributed by atoms with Gasteiger partial charge in [0.2, 0.25) is 0 Å². The Morgan fingerprint density at radius 2 is 1.87 bits per heavy atom. The van der Waals surface area contributed by atoms with Crippen LogP contribution in [-0.4, -0.2) is 25.0 Å². The minimum atomic E-state index is -0.00997. The van der Waals surface area contributed by atoms with Gasteiger partial charge in [0.15, 0.2) is 0 Å². The molecule has 0 radical (unpaired) electrons. The van der Waals surface area contributed by atoms with Gasteiger partial charge < -0.3 is 15.4 Å². The lowest BCUT2D eigenvalue weighted by Gasteiger charge is -2.11. The Hall–Kier alpha value is -2.04.